The lowest BCUT2D eigenvalue weighted by atomic mass is 9.88. The molecule has 4 N–H and O–H groups in total. The van der Waals surface area contributed by atoms with E-state index in [9.17, 15) is 20.1 Å². The van der Waals surface area contributed by atoms with Gasteiger partial charge in [-0.15, -0.1) is 6.58 Å². The summed E-state index contributed by atoms with van der Waals surface area (Å²) in [4.78, 5) is 11.1. The molecule has 0 radical (unpaired) electrons. The lowest BCUT2D eigenvalue weighted by molar-refractivity contribution is -0.121. The number of hydrogen-bond acceptors (Lipinski definition) is 5. The molecule has 1 saturated carbocycles. The first kappa shape index (κ1) is 24.8. The van der Waals surface area contributed by atoms with Crippen LogP contribution in [0.15, 0.2) is 37.0 Å². The first-order valence-electron chi connectivity index (χ1n) is 10.5. The van der Waals surface area contributed by atoms with E-state index in [0.717, 1.165) is 19.3 Å². The van der Waals surface area contributed by atoms with Crippen LogP contribution in [0.25, 0.3) is 0 Å². The minimum Gasteiger partial charge on any atom is -0.393 e. The highest BCUT2D eigenvalue weighted by Gasteiger charge is 2.39. The number of hydrogen-bond donors (Lipinski definition) is 4. The van der Waals surface area contributed by atoms with E-state index in [4.69, 9.17) is 5.11 Å². The molecule has 0 amide bonds. The fraction of sp³-hybridized carbons (Fsp3) is 0.696. The minimum absolute atomic E-state index is 0.0611. The molecule has 0 aliphatic heterocycles. The van der Waals surface area contributed by atoms with Gasteiger partial charge in [-0.05, 0) is 38.0 Å². The van der Waals surface area contributed by atoms with Crippen LogP contribution in [-0.4, -0.2) is 50.6 Å². The zero-order valence-corrected chi connectivity index (χ0v) is 17.2. The number of aliphatic hydroxyl groups excluding tert-OH is 3. The molecule has 0 heterocycles. The van der Waals surface area contributed by atoms with Crippen molar-refractivity contribution in [3.63, 3.8) is 0 Å². The van der Waals surface area contributed by atoms with Gasteiger partial charge in [-0.3, -0.25) is 4.79 Å². The number of allylic oxidation sites excluding steroid dienone is 2. The fourth-order valence-electron chi connectivity index (χ4n) is 3.77. The zero-order valence-electron chi connectivity index (χ0n) is 17.2. The van der Waals surface area contributed by atoms with Crippen molar-refractivity contribution in [3.05, 3.63) is 37.0 Å². The molecule has 0 saturated heterocycles. The summed E-state index contributed by atoms with van der Waals surface area (Å²) in [6, 6.07) is 0. The Morgan fingerprint density at radius 2 is 1.93 bits per heavy atom. The SMILES string of the molecule is C=CC(O)(CC=C[C@@H]1[C@@H](CC=CCCCC(=O)CO)[C@@H](O)C[C@H]1O)CCCC. The number of aliphatic hydroxyl groups is 4. The predicted molar refractivity (Wildman–Crippen MR) is 112 cm³/mol. The van der Waals surface area contributed by atoms with E-state index in [1.807, 2.05) is 24.3 Å². The summed E-state index contributed by atoms with van der Waals surface area (Å²) in [6.07, 6.45) is 14.2. The van der Waals surface area contributed by atoms with Crippen LogP contribution in [-0.2, 0) is 4.79 Å². The van der Waals surface area contributed by atoms with Crippen molar-refractivity contribution in [1.82, 2.24) is 0 Å². The molecule has 160 valence electrons. The van der Waals surface area contributed by atoms with Gasteiger partial charge in [0.05, 0.1) is 17.8 Å². The average molecular weight is 395 g/mol. The van der Waals surface area contributed by atoms with E-state index < -0.39 is 24.4 Å². The van der Waals surface area contributed by atoms with Crippen LogP contribution >= 0.6 is 0 Å². The summed E-state index contributed by atoms with van der Waals surface area (Å²) < 4.78 is 0. The molecule has 28 heavy (non-hydrogen) atoms. The molecule has 1 aliphatic rings. The maximum absolute atomic E-state index is 11.1. The van der Waals surface area contributed by atoms with Crippen molar-refractivity contribution in [2.45, 2.75) is 82.5 Å². The molecule has 0 bridgehead atoms. The number of carbonyl (C=O) groups excluding carboxylic acids is 1. The molecule has 1 rings (SSSR count). The molecule has 5 heteroatoms. The highest BCUT2D eigenvalue weighted by atomic mass is 16.3. The van der Waals surface area contributed by atoms with E-state index in [2.05, 4.69) is 13.5 Å². The Kier molecular flexibility index (Phi) is 11.5. The minimum atomic E-state index is -0.921. The molecular weight excluding hydrogens is 356 g/mol. The second-order valence-electron chi connectivity index (χ2n) is 7.95. The highest BCUT2D eigenvalue weighted by Crippen LogP contribution is 2.36. The molecule has 0 spiro atoms. The summed E-state index contributed by atoms with van der Waals surface area (Å²) in [6.45, 7) is 5.42. The zero-order chi connectivity index (χ0) is 21.0. The summed E-state index contributed by atoms with van der Waals surface area (Å²) in [5, 5.41) is 39.9. The number of rotatable bonds is 14. The Morgan fingerprint density at radius 3 is 2.57 bits per heavy atom. The first-order valence-corrected chi connectivity index (χ1v) is 10.5. The van der Waals surface area contributed by atoms with Gasteiger partial charge in [-0.1, -0.05) is 50.1 Å². The Morgan fingerprint density at radius 1 is 1.18 bits per heavy atom. The van der Waals surface area contributed by atoms with Crippen molar-refractivity contribution < 1.29 is 25.2 Å². The highest BCUT2D eigenvalue weighted by molar-refractivity contribution is 5.79. The van der Waals surface area contributed by atoms with Gasteiger partial charge >= 0.3 is 0 Å². The van der Waals surface area contributed by atoms with Gasteiger partial charge in [-0.25, -0.2) is 0 Å². The van der Waals surface area contributed by atoms with Crippen molar-refractivity contribution >= 4 is 5.78 Å². The fourth-order valence-corrected chi connectivity index (χ4v) is 3.77. The van der Waals surface area contributed by atoms with Crippen molar-refractivity contribution in [3.8, 4) is 0 Å². The van der Waals surface area contributed by atoms with E-state index in [1.54, 1.807) is 6.08 Å². The van der Waals surface area contributed by atoms with Gasteiger partial charge in [0.1, 0.15) is 6.61 Å². The molecule has 0 aromatic carbocycles. The smallest absolute Gasteiger partial charge is 0.158 e. The van der Waals surface area contributed by atoms with Gasteiger partial charge in [0.2, 0.25) is 0 Å². The van der Waals surface area contributed by atoms with Crippen LogP contribution in [0.1, 0.15) is 64.7 Å². The van der Waals surface area contributed by atoms with Gasteiger partial charge in [-0.2, -0.15) is 0 Å². The first-order chi connectivity index (χ1) is 13.4. The normalized spacial score (nSPS) is 27.5. The Bertz CT molecular complexity index is 527. The molecular formula is C23H38O5. The van der Waals surface area contributed by atoms with E-state index in [0.29, 0.717) is 38.5 Å². The summed E-state index contributed by atoms with van der Waals surface area (Å²) in [7, 11) is 0. The third kappa shape index (κ3) is 8.39. The monoisotopic (exact) mass is 394 g/mol. The van der Waals surface area contributed by atoms with Crippen LogP contribution < -0.4 is 0 Å². The second-order valence-corrected chi connectivity index (χ2v) is 7.95. The third-order valence-electron chi connectivity index (χ3n) is 5.67. The Hall–Kier alpha value is -1.27. The molecule has 0 aromatic heterocycles. The van der Waals surface area contributed by atoms with Gasteiger partial charge in [0.25, 0.3) is 0 Å². The standard InChI is InChI=1S/C23H38O5/c1-3-5-14-23(28,4-2)15-10-13-20-19(21(26)16-22(20)27)12-9-7-6-8-11-18(25)17-24/h4,7,9-10,13,19-22,24,26-28H,2-3,5-6,8,11-12,14-17H2,1H3/t19-,20-,21+,22-,23?/m1/s1. The van der Waals surface area contributed by atoms with Crippen LogP contribution in [0.3, 0.4) is 0 Å². The molecule has 1 unspecified atom stereocenters. The van der Waals surface area contributed by atoms with Crippen molar-refractivity contribution in [1.29, 1.82) is 0 Å². The Balaban J connectivity index is 2.56. The van der Waals surface area contributed by atoms with Crippen molar-refractivity contribution in [2.24, 2.45) is 11.8 Å². The van der Waals surface area contributed by atoms with Crippen LogP contribution in [0.5, 0.6) is 0 Å². The van der Waals surface area contributed by atoms with Gasteiger partial charge < -0.3 is 20.4 Å². The number of unbranched alkanes of at least 4 members (excludes halogenated alkanes) is 2. The number of Topliss-reactive ketones (excluding diaryl/α,β-unsaturated/α-hetero) is 1. The second kappa shape index (κ2) is 13.0. The summed E-state index contributed by atoms with van der Waals surface area (Å²) in [5.41, 5.74) is -0.921. The topological polar surface area (TPSA) is 98.0 Å². The number of ketones is 1. The molecule has 1 aliphatic carbocycles. The maximum atomic E-state index is 11.1. The lowest BCUT2D eigenvalue weighted by Crippen LogP contribution is -2.25. The van der Waals surface area contributed by atoms with Crippen molar-refractivity contribution in [2.75, 3.05) is 6.61 Å². The Labute approximate surface area is 169 Å². The molecule has 1 fully saturated rings. The molecule has 5 nitrogen and oxygen atoms in total. The van der Waals surface area contributed by atoms with Crippen LogP contribution in [0.2, 0.25) is 0 Å². The van der Waals surface area contributed by atoms with Crippen LogP contribution in [0, 0.1) is 11.8 Å². The third-order valence-corrected chi connectivity index (χ3v) is 5.67. The largest absolute Gasteiger partial charge is 0.393 e. The number of carbonyl (C=O) groups is 1. The van der Waals surface area contributed by atoms with E-state index in [-0.39, 0.29) is 17.6 Å². The maximum Gasteiger partial charge on any atom is 0.158 e. The van der Waals surface area contributed by atoms with Gasteiger partial charge in [0.15, 0.2) is 5.78 Å². The van der Waals surface area contributed by atoms with Gasteiger partial charge in [0, 0.05) is 18.8 Å². The molecule has 0 aromatic rings. The quantitative estimate of drug-likeness (QED) is 0.268. The van der Waals surface area contributed by atoms with E-state index in [1.165, 1.54) is 0 Å². The van der Waals surface area contributed by atoms with Crippen LogP contribution in [0.4, 0.5) is 0 Å². The lowest BCUT2D eigenvalue weighted by Gasteiger charge is -2.23. The summed E-state index contributed by atoms with van der Waals surface area (Å²) in [5.74, 6) is -0.351. The molecule has 5 atom stereocenters. The predicted octanol–water partition coefficient (Wildman–Crippen LogP) is 3.08. The van der Waals surface area contributed by atoms with E-state index >= 15 is 0 Å². The average Bonchev–Trinajstić information content (AvgIpc) is 2.95. The summed E-state index contributed by atoms with van der Waals surface area (Å²) >= 11 is 0.